The van der Waals surface area contributed by atoms with Crippen LogP contribution in [0.25, 0.3) is 5.65 Å². The number of hydrogen-bond acceptors (Lipinski definition) is 5. The molecule has 28 heavy (non-hydrogen) atoms. The zero-order valence-corrected chi connectivity index (χ0v) is 16.0. The van der Waals surface area contributed by atoms with Gasteiger partial charge in [-0.05, 0) is 30.5 Å². The average Bonchev–Trinajstić information content (AvgIpc) is 3.11. The number of amides is 1. The van der Waals surface area contributed by atoms with E-state index in [0.29, 0.717) is 37.5 Å². The van der Waals surface area contributed by atoms with Crippen molar-refractivity contribution in [1.29, 1.82) is 0 Å². The van der Waals surface area contributed by atoms with E-state index >= 15 is 0 Å². The summed E-state index contributed by atoms with van der Waals surface area (Å²) in [5.41, 5.74) is 1.42. The predicted molar refractivity (Wildman–Crippen MR) is 105 cm³/mol. The third-order valence-corrected chi connectivity index (χ3v) is 6.81. The van der Waals surface area contributed by atoms with Gasteiger partial charge in [0.05, 0.1) is 5.75 Å². The molecule has 0 atom stereocenters. The number of pyridine rings is 1. The van der Waals surface area contributed by atoms with Crippen molar-refractivity contribution in [3.8, 4) is 0 Å². The van der Waals surface area contributed by atoms with Gasteiger partial charge in [-0.2, -0.15) is 0 Å². The second kappa shape index (κ2) is 7.69. The Hall–Kier alpha value is -2.78. The molecule has 0 radical (unpaired) electrons. The van der Waals surface area contributed by atoms with Gasteiger partial charge in [0, 0.05) is 25.2 Å². The van der Waals surface area contributed by atoms with Crippen molar-refractivity contribution in [2.45, 2.75) is 18.6 Å². The summed E-state index contributed by atoms with van der Waals surface area (Å²) in [6, 6.07) is 14.6. The number of nitrogens with one attached hydrogen (secondary N) is 1. The Morgan fingerprint density at radius 1 is 1.04 bits per heavy atom. The summed E-state index contributed by atoms with van der Waals surface area (Å²) in [4.78, 5) is 12.6. The Kier molecular flexibility index (Phi) is 5.10. The highest BCUT2D eigenvalue weighted by molar-refractivity contribution is 7.88. The molecular weight excluding hydrogens is 378 g/mol. The van der Waals surface area contributed by atoms with E-state index in [9.17, 15) is 13.2 Å². The van der Waals surface area contributed by atoms with Crippen molar-refractivity contribution in [2.75, 3.05) is 18.4 Å². The molecule has 0 aliphatic carbocycles. The van der Waals surface area contributed by atoms with Crippen LogP contribution in [-0.2, 0) is 20.6 Å². The fraction of sp³-hybridized carbons (Fsp3) is 0.316. The van der Waals surface area contributed by atoms with Crippen LogP contribution in [0.4, 0.5) is 5.95 Å². The van der Waals surface area contributed by atoms with Crippen LogP contribution >= 0.6 is 0 Å². The lowest BCUT2D eigenvalue weighted by molar-refractivity contribution is -0.121. The van der Waals surface area contributed by atoms with Crippen molar-refractivity contribution < 1.29 is 13.2 Å². The summed E-state index contributed by atoms with van der Waals surface area (Å²) >= 11 is 0. The van der Waals surface area contributed by atoms with Crippen molar-refractivity contribution in [3.63, 3.8) is 0 Å². The van der Waals surface area contributed by atoms with E-state index in [1.807, 2.05) is 30.3 Å². The molecule has 1 aliphatic heterocycles. The summed E-state index contributed by atoms with van der Waals surface area (Å²) in [5.74, 6) is -0.0478. The maximum atomic E-state index is 12.6. The SMILES string of the molecule is O=C(Nc1nnc2ccccn12)C1CCN(S(=O)(=O)Cc2ccccc2)CC1. The van der Waals surface area contributed by atoms with E-state index in [1.54, 1.807) is 28.8 Å². The van der Waals surface area contributed by atoms with Gasteiger partial charge in [0.15, 0.2) is 5.65 Å². The Labute approximate surface area is 163 Å². The van der Waals surface area contributed by atoms with Crippen LogP contribution < -0.4 is 5.32 Å². The smallest absolute Gasteiger partial charge is 0.235 e. The van der Waals surface area contributed by atoms with Gasteiger partial charge in [-0.3, -0.25) is 14.5 Å². The molecule has 3 aromatic rings. The average molecular weight is 399 g/mol. The van der Waals surface area contributed by atoms with Gasteiger partial charge in [-0.25, -0.2) is 12.7 Å². The fourth-order valence-corrected chi connectivity index (χ4v) is 4.97. The Morgan fingerprint density at radius 3 is 2.50 bits per heavy atom. The fourth-order valence-electron chi connectivity index (χ4n) is 3.41. The lowest BCUT2D eigenvalue weighted by atomic mass is 9.97. The maximum absolute atomic E-state index is 12.6. The van der Waals surface area contributed by atoms with Gasteiger partial charge in [0.1, 0.15) is 0 Å². The van der Waals surface area contributed by atoms with Gasteiger partial charge in [0.2, 0.25) is 21.9 Å². The minimum atomic E-state index is -3.39. The Balaban J connectivity index is 1.36. The molecular formula is C19H21N5O3S. The molecule has 3 heterocycles. The molecule has 0 bridgehead atoms. The first-order valence-corrected chi connectivity index (χ1v) is 10.8. The number of fused-ring (bicyclic) bond motifs is 1. The zero-order valence-electron chi connectivity index (χ0n) is 15.2. The van der Waals surface area contributed by atoms with Gasteiger partial charge >= 0.3 is 0 Å². The monoisotopic (exact) mass is 399 g/mol. The highest BCUT2D eigenvalue weighted by atomic mass is 32.2. The van der Waals surface area contributed by atoms with Crippen LogP contribution in [-0.4, -0.2) is 46.3 Å². The molecule has 1 aromatic carbocycles. The van der Waals surface area contributed by atoms with Crippen LogP contribution in [0.3, 0.4) is 0 Å². The third kappa shape index (κ3) is 3.90. The minimum absolute atomic E-state index is 0.0174. The highest BCUT2D eigenvalue weighted by Gasteiger charge is 2.31. The van der Waals surface area contributed by atoms with Gasteiger partial charge in [-0.1, -0.05) is 36.4 Å². The zero-order chi connectivity index (χ0) is 19.6. The molecule has 0 saturated carbocycles. The van der Waals surface area contributed by atoms with E-state index in [1.165, 1.54) is 4.31 Å². The second-order valence-electron chi connectivity index (χ2n) is 6.86. The number of nitrogens with zero attached hydrogens (tertiary/aromatic N) is 4. The second-order valence-corrected chi connectivity index (χ2v) is 8.83. The van der Waals surface area contributed by atoms with E-state index in [4.69, 9.17) is 0 Å². The molecule has 2 aromatic heterocycles. The number of carbonyl (C=O) groups excluding carboxylic acids is 1. The van der Waals surface area contributed by atoms with Crippen LogP contribution in [0.15, 0.2) is 54.7 Å². The Morgan fingerprint density at radius 2 is 1.75 bits per heavy atom. The molecule has 0 spiro atoms. The third-order valence-electron chi connectivity index (χ3n) is 4.96. The van der Waals surface area contributed by atoms with Crippen molar-refractivity contribution in [2.24, 2.45) is 5.92 Å². The summed E-state index contributed by atoms with van der Waals surface area (Å²) in [6.45, 7) is 0.682. The van der Waals surface area contributed by atoms with Crippen LogP contribution in [0, 0.1) is 5.92 Å². The van der Waals surface area contributed by atoms with Crippen molar-refractivity contribution >= 4 is 27.5 Å². The number of rotatable bonds is 5. The predicted octanol–water partition coefficient (Wildman–Crippen LogP) is 1.91. The lowest BCUT2D eigenvalue weighted by Crippen LogP contribution is -2.42. The van der Waals surface area contributed by atoms with Crippen molar-refractivity contribution in [3.05, 3.63) is 60.3 Å². The van der Waals surface area contributed by atoms with E-state index in [2.05, 4.69) is 15.5 Å². The molecule has 1 fully saturated rings. The molecule has 1 saturated heterocycles. The quantitative estimate of drug-likeness (QED) is 0.707. The number of aromatic nitrogens is 3. The van der Waals surface area contributed by atoms with Gasteiger partial charge in [-0.15, -0.1) is 10.2 Å². The van der Waals surface area contributed by atoms with Crippen LogP contribution in [0.2, 0.25) is 0 Å². The molecule has 1 amide bonds. The number of piperidine rings is 1. The lowest BCUT2D eigenvalue weighted by Gasteiger charge is -2.30. The van der Waals surface area contributed by atoms with E-state index < -0.39 is 10.0 Å². The molecule has 1 N–H and O–H groups in total. The first kappa shape index (κ1) is 18.6. The largest absolute Gasteiger partial charge is 0.294 e. The topological polar surface area (TPSA) is 96.7 Å². The standard InChI is InChI=1S/C19H21N5O3S/c25-18(20-19-22-21-17-8-4-5-11-24(17)19)16-9-12-23(13-10-16)28(26,27)14-15-6-2-1-3-7-15/h1-8,11,16H,9-10,12-14H2,(H,20,22,25). The van der Waals surface area contributed by atoms with E-state index in [0.717, 1.165) is 5.56 Å². The molecule has 4 rings (SSSR count). The summed E-state index contributed by atoms with van der Waals surface area (Å²) in [5, 5.41) is 10.8. The molecule has 1 aliphatic rings. The number of carbonyl (C=O) groups is 1. The molecule has 146 valence electrons. The maximum Gasteiger partial charge on any atom is 0.235 e. The number of hydrogen-bond donors (Lipinski definition) is 1. The normalized spacial score (nSPS) is 16.3. The highest BCUT2D eigenvalue weighted by Crippen LogP contribution is 2.23. The Bertz CT molecular complexity index is 1070. The van der Waals surface area contributed by atoms with Crippen LogP contribution in [0.1, 0.15) is 18.4 Å². The van der Waals surface area contributed by atoms with Gasteiger partial charge in [0.25, 0.3) is 0 Å². The number of anilines is 1. The number of sulfonamides is 1. The summed E-state index contributed by atoms with van der Waals surface area (Å²) < 4.78 is 28.5. The summed E-state index contributed by atoms with van der Waals surface area (Å²) in [6.07, 6.45) is 2.75. The summed E-state index contributed by atoms with van der Waals surface area (Å²) in [7, 11) is -3.39. The molecule has 8 nitrogen and oxygen atoms in total. The van der Waals surface area contributed by atoms with Gasteiger partial charge < -0.3 is 0 Å². The van der Waals surface area contributed by atoms with Crippen LogP contribution in [0.5, 0.6) is 0 Å². The minimum Gasteiger partial charge on any atom is -0.294 e. The molecule has 0 unspecified atom stereocenters. The first-order chi connectivity index (χ1) is 13.5. The van der Waals surface area contributed by atoms with Crippen molar-refractivity contribution in [1.82, 2.24) is 18.9 Å². The number of benzene rings is 1. The molecule has 9 heteroatoms. The first-order valence-electron chi connectivity index (χ1n) is 9.15. The van der Waals surface area contributed by atoms with E-state index in [-0.39, 0.29) is 17.6 Å².